The maximum Gasteiger partial charge on any atom is 0.162 e. The van der Waals surface area contributed by atoms with Crippen LogP contribution in [0.5, 0.6) is 11.5 Å². The van der Waals surface area contributed by atoms with Gasteiger partial charge in [0.25, 0.3) is 0 Å². The monoisotopic (exact) mass is 338 g/mol. The van der Waals surface area contributed by atoms with Crippen LogP contribution in [0.2, 0.25) is 5.02 Å². The third kappa shape index (κ3) is 3.58. The number of benzene rings is 2. The number of hydrogen-bond donors (Lipinski definition) is 0. The van der Waals surface area contributed by atoms with Gasteiger partial charge in [-0.2, -0.15) is 0 Å². The van der Waals surface area contributed by atoms with Crippen molar-refractivity contribution in [3.05, 3.63) is 57.5 Å². The van der Waals surface area contributed by atoms with Gasteiger partial charge in [0.1, 0.15) is 11.5 Å². The van der Waals surface area contributed by atoms with Crippen molar-refractivity contribution < 1.29 is 9.53 Å². The Morgan fingerprint density at radius 1 is 1.21 bits per heavy atom. The van der Waals surface area contributed by atoms with Crippen LogP contribution in [0.3, 0.4) is 0 Å². The molecule has 0 atom stereocenters. The third-order valence-electron chi connectivity index (χ3n) is 2.62. The molecule has 0 saturated carbocycles. The second kappa shape index (κ2) is 6.22. The first-order chi connectivity index (χ1) is 9.10. The Morgan fingerprint density at radius 2 is 1.89 bits per heavy atom. The SMILES string of the molecule is CCC(=O)c1ccc(Oc2ccc(Cl)cc2Br)cc1. The molecule has 0 radical (unpaired) electrons. The Hall–Kier alpha value is -1.32. The molecule has 98 valence electrons. The average Bonchev–Trinajstić information content (AvgIpc) is 2.42. The van der Waals surface area contributed by atoms with E-state index < -0.39 is 0 Å². The summed E-state index contributed by atoms with van der Waals surface area (Å²) in [6.07, 6.45) is 0.503. The van der Waals surface area contributed by atoms with E-state index in [9.17, 15) is 4.79 Å². The summed E-state index contributed by atoms with van der Waals surface area (Å²) in [6, 6.07) is 12.4. The summed E-state index contributed by atoms with van der Waals surface area (Å²) in [5.41, 5.74) is 0.699. The van der Waals surface area contributed by atoms with Gasteiger partial charge in [0.2, 0.25) is 0 Å². The van der Waals surface area contributed by atoms with Crippen molar-refractivity contribution in [2.75, 3.05) is 0 Å². The van der Waals surface area contributed by atoms with Gasteiger partial charge in [-0.1, -0.05) is 18.5 Å². The highest BCUT2D eigenvalue weighted by Gasteiger charge is 2.06. The van der Waals surface area contributed by atoms with Gasteiger partial charge >= 0.3 is 0 Å². The number of Topliss-reactive ketones (excluding diaryl/α,β-unsaturated/α-hetero) is 1. The predicted octanol–water partition coefficient (Wildman–Crippen LogP) is 5.49. The zero-order chi connectivity index (χ0) is 13.8. The molecule has 0 heterocycles. The zero-order valence-corrected chi connectivity index (χ0v) is 12.7. The Balaban J connectivity index is 2.17. The minimum absolute atomic E-state index is 0.124. The molecule has 0 aliphatic carbocycles. The van der Waals surface area contributed by atoms with E-state index in [2.05, 4.69) is 15.9 Å². The molecular formula is C15H12BrClO2. The standard InChI is InChI=1S/C15H12BrClO2/c1-2-14(18)10-3-6-12(7-4-10)19-15-8-5-11(17)9-13(15)16/h3-9H,2H2,1H3. The number of halogens is 2. The molecule has 0 saturated heterocycles. The molecule has 2 aromatic rings. The molecule has 0 aliphatic rings. The highest BCUT2D eigenvalue weighted by molar-refractivity contribution is 9.10. The number of hydrogen-bond acceptors (Lipinski definition) is 2. The second-order valence-electron chi connectivity index (χ2n) is 3.98. The summed E-state index contributed by atoms with van der Waals surface area (Å²) in [5, 5.41) is 0.642. The van der Waals surface area contributed by atoms with Gasteiger partial charge in [-0.3, -0.25) is 4.79 Å². The maximum atomic E-state index is 11.5. The van der Waals surface area contributed by atoms with Crippen LogP contribution in [0.15, 0.2) is 46.9 Å². The molecule has 0 aromatic heterocycles. The Labute approximate surface area is 125 Å². The molecule has 0 N–H and O–H groups in total. The summed E-state index contributed by atoms with van der Waals surface area (Å²) >= 11 is 9.26. The predicted molar refractivity (Wildman–Crippen MR) is 80.3 cm³/mol. The maximum absolute atomic E-state index is 11.5. The quantitative estimate of drug-likeness (QED) is 0.689. The van der Waals surface area contributed by atoms with Crippen LogP contribution in [0.1, 0.15) is 23.7 Å². The fourth-order valence-electron chi connectivity index (χ4n) is 1.60. The van der Waals surface area contributed by atoms with E-state index in [4.69, 9.17) is 16.3 Å². The van der Waals surface area contributed by atoms with Crippen molar-refractivity contribution in [2.24, 2.45) is 0 Å². The minimum Gasteiger partial charge on any atom is -0.456 e. The largest absolute Gasteiger partial charge is 0.456 e. The molecule has 2 rings (SSSR count). The first kappa shape index (κ1) is 14.1. The summed E-state index contributed by atoms with van der Waals surface area (Å²) in [5.74, 6) is 1.48. The molecule has 0 fully saturated rings. The molecule has 0 amide bonds. The summed E-state index contributed by atoms with van der Waals surface area (Å²) in [6.45, 7) is 1.84. The average molecular weight is 340 g/mol. The van der Waals surface area contributed by atoms with E-state index in [1.807, 2.05) is 6.92 Å². The van der Waals surface area contributed by atoms with E-state index in [0.29, 0.717) is 28.5 Å². The van der Waals surface area contributed by atoms with E-state index >= 15 is 0 Å². The molecule has 0 aliphatic heterocycles. The van der Waals surface area contributed by atoms with Crippen LogP contribution in [0.25, 0.3) is 0 Å². The van der Waals surface area contributed by atoms with Crippen LogP contribution < -0.4 is 4.74 Å². The highest BCUT2D eigenvalue weighted by atomic mass is 79.9. The van der Waals surface area contributed by atoms with Gasteiger partial charge in [0, 0.05) is 17.0 Å². The van der Waals surface area contributed by atoms with Crippen molar-refractivity contribution in [1.29, 1.82) is 0 Å². The summed E-state index contributed by atoms with van der Waals surface area (Å²) < 4.78 is 6.50. The number of ether oxygens (including phenoxy) is 1. The van der Waals surface area contributed by atoms with E-state index in [1.54, 1.807) is 42.5 Å². The van der Waals surface area contributed by atoms with Crippen LogP contribution in [0.4, 0.5) is 0 Å². The fraction of sp³-hybridized carbons (Fsp3) is 0.133. The molecule has 19 heavy (non-hydrogen) atoms. The van der Waals surface area contributed by atoms with Crippen molar-refractivity contribution in [2.45, 2.75) is 13.3 Å². The minimum atomic E-state index is 0.124. The number of carbonyl (C=O) groups is 1. The van der Waals surface area contributed by atoms with Gasteiger partial charge in [0.15, 0.2) is 5.78 Å². The van der Waals surface area contributed by atoms with Gasteiger partial charge in [-0.05, 0) is 58.4 Å². The topological polar surface area (TPSA) is 26.3 Å². The lowest BCUT2D eigenvalue weighted by Crippen LogP contribution is -1.95. The zero-order valence-electron chi connectivity index (χ0n) is 10.3. The molecule has 0 spiro atoms. The Kier molecular flexibility index (Phi) is 4.61. The number of ketones is 1. The van der Waals surface area contributed by atoms with Crippen molar-refractivity contribution >= 4 is 33.3 Å². The van der Waals surface area contributed by atoms with E-state index in [0.717, 1.165) is 4.47 Å². The van der Waals surface area contributed by atoms with Gasteiger partial charge in [-0.15, -0.1) is 0 Å². The highest BCUT2D eigenvalue weighted by Crippen LogP contribution is 2.31. The summed E-state index contributed by atoms with van der Waals surface area (Å²) in [4.78, 5) is 11.5. The van der Waals surface area contributed by atoms with Crippen LogP contribution in [-0.2, 0) is 0 Å². The smallest absolute Gasteiger partial charge is 0.162 e. The molecular weight excluding hydrogens is 328 g/mol. The number of carbonyl (C=O) groups excluding carboxylic acids is 1. The molecule has 0 unspecified atom stereocenters. The molecule has 4 heteroatoms. The van der Waals surface area contributed by atoms with Crippen molar-refractivity contribution in [1.82, 2.24) is 0 Å². The first-order valence-electron chi connectivity index (χ1n) is 5.86. The van der Waals surface area contributed by atoms with Crippen LogP contribution in [0, 0.1) is 0 Å². The van der Waals surface area contributed by atoms with Crippen molar-refractivity contribution in [3.8, 4) is 11.5 Å². The Bertz CT molecular complexity index is 594. The normalized spacial score (nSPS) is 10.3. The van der Waals surface area contributed by atoms with Crippen molar-refractivity contribution in [3.63, 3.8) is 0 Å². The molecule has 0 bridgehead atoms. The lowest BCUT2D eigenvalue weighted by molar-refractivity contribution is 0.0988. The van der Waals surface area contributed by atoms with Gasteiger partial charge in [0.05, 0.1) is 4.47 Å². The first-order valence-corrected chi connectivity index (χ1v) is 7.03. The van der Waals surface area contributed by atoms with Gasteiger partial charge < -0.3 is 4.74 Å². The van der Waals surface area contributed by atoms with Crippen LogP contribution in [-0.4, -0.2) is 5.78 Å². The van der Waals surface area contributed by atoms with E-state index in [-0.39, 0.29) is 5.78 Å². The second-order valence-corrected chi connectivity index (χ2v) is 5.27. The fourth-order valence-corrected chi connectivity index (χ4v) is 2.36. The number of rotatable bonds is 4. The lowest BCUT2D eigenvalue weighted by atomic mass is 10.1. The third-order valence-corrected chi connectivity index (χ3v) is 3.47. The Morgan fingerprint density at radius 3 is 2.47 bits per heavy atom. The van der Waals surface area contributed by atoms with E-state index in [1.165, 1.54) is 0 Å². The molecule has 2 aromatic carbocycles. The lowest BCUT2D eigenvalue weighted by Gasteiger charge is -2.08. The van der Waals surface area contributed by atoms with Gasteiger partial charge in [-0.25, -0.2) is 0 Å². The molecule has 2 nitrogen and oxygen atoms in total. The van der Waals surface area contributed by atoms with Crippen LogP contribution >= 0.6 is 27.5 Å². The summed E-state index contributed by atoms with van der Waals surface area (Å²) in [7, 11) is 0.